The second-order valence-corrected chi connectivity index (χ2v) is 5.94. The van der Waals surface area contributed by atoms with Gasteiger partial charge in [-0.1, -0.05) is 29.3 Å². The van der Waals surface area contributed by atoms with E-state index in [2.05, 4.69) is 5.32 Å². The van der Waals surface area contributed by atoms with E-state index in [0.717, 1.165) is 4.90 Å². The summed E-state index contributed by atoms with van der Waals surface area (Å²) in [5.74, 6) is 0.111. The van der Waals surface area contributed by atoms with Crippen molar-refractivity contribution in [3.8, 4) is 6.07 Å². The van der Waals surface area contributed by atoms with Crippen molar-refractivity contribution in [1.82, 2.24) is 0 Å². The van der Waals surface area contributed by atoms with Crippen molar-refractivity contribution in [3.05, 3.63) is 58.6 Å². The molecule has 0 bridgehead atoms. The first-order chi connectivity index (χ1) is 10.1. The Labute approximate surface area is 132 Å². The fourth-order valence-corrected chi connectivity index (χ4v) is 2.56. The zero-order valence-electron chi connectivity index (χ0n) is 11.4. The van der Waals surface area contributed by atoms with E-state index in [1.54, 1.807) is 18.2 Å². The molecule has 0 saturated heterocycles. The summed E-state index contributed by atoms with van der Waals surface area (Å²) in [6.07, 6.45) is 0. The van der Waals surface area contributed by atoms with Crippen LogP contribution in [0.1, 0.15) is 11.1 Å². The molecule has 0 aliphatic carbocycles. The number of carbonyl (C=O) groups excluding carboxylic acids is 1. The SMILES string of the molecule is Cc1ccc(SCC(=O)Nc2cc(Cl)ccc2C#N)cc1. The van der Waals surface area contributed by atoms with Crippen LogP contribution in [-0.2, 0) is 4.79 Å². The van der Waals surface area contributed by atoms with Crippen LogP contribution in [0.2, 0.25) is 5.02 Å². The molecule has 0 saturated carbocycles. The first-order valence-electron chi connectivity index (χ1n) is 6.27. The van der Waals surface area contributed by atoms with Crippen LogP contribution in [0, 0.1) is 18.3 Å². The quantitative estimate of drug-likeness (QED) is 0.858. The minimum Gasteiger partial charge on any atom is -0.324 e. The van der Waals surface area contributed by atoms with E-state index < -0.39 is 0 Å². The highest BCUT2D eigenvalue weighted by Gasteiger charge is 2.08. The molecule has 0 spiro atoms. The Morgan fingerprint density at radius 3 is 2.67 bits per heavy atom. The molecule has 0 aliphatic heterocycles. The lowest BCUT2D eigenvalue weighted by Gasteiger charge is -2.07. The lowest BCUT2D eigenvalue weighted by atomic mass is 10.2. The number of nitriles is 1. The minimum absolute atomic E-state index is 0.167. The Hall–Kier alpha value is -1.96. The molecule has 21 heavy (non-hydrogen) atoms. The van der Waals surface area contributed by atoms with Gasteiger partial charge in [0.25, 0.3) is 0 Å². The molecule has 0 heterocycles. The molecule has 3 nitrogen and oxygen atoms in total. The van der Waals surface area contributed by atoms with E-state index in [9.17, 15) is 4.79 Å². The molecule has 0 aliphatic rings. The molecular weight excluding hydrogens is 304 g/mol. The van der Waals surface area contributed by atoms with Gasteiger partial charge in [-0.15, -0.1) is 11.8 Å². The topological polar surface area (TPSA) is 52.9 Å². The van der Waals surface area contributed by atoms with Gasteiger partial charge in [0.1, 0.15) is 6.07 Å². The van der Waals surface area contributed by atoms with Gasteiger partial charge in [-0.25, -0.2) is 0 Å². The number of amides is 1. The number of anilines is 1. The van der Waals surface area contributed by atoms with E-state index in [1.807, 2.05) is 37.3 Å². The fourth-order valence-electron chi connectivity index (χ4n) is 1.69. The third-order valence-electron chi connectivity index (χ3n) is 2.77. The standard InChI is InChI=1S/C16H13ClN2OS/c1-11-2-6-14(7-3-11)21-10-16(20)19-15-8-13(17)5-4-12(15)9-18/h2-8H,10H2,1H3,(H,19,20). The van der Waals surface area contributed by atoms with Crippen LogP contribution in [0.5, 0.6) is 0 Å². The first kappa shape index (κ1) is 15.4. The van der Waals surface area contributed by atoms with E-state index in [0.29, 0.717) is 16.3 Å². The molecule has 0 fully saturated rings. The number of hydrogen-bond acceptors (Lipinski definition) is 3. The molecule has 0 atom stereocenters. The monoisotopic (exact) mass is 316 g/mol. The molecule has 2 aromatic rings. The van der Waals surface area contributed by atoms with E-state index in [1.165, 1.54) is 17.3 Å². The van der Waals surface area contributed by atoms with Crippen molar-refractivity contribution < 1.29 is 4.79 Å². The maximum Gasteiger partial charge on any atom is 0.234 e. The van der Waals surface area contributed by atoms with E-state index in [4.69, 9.17) is 16.9 Å². The lowest BCUT2D eigenvalue weighted by Crippen LogP contribution is -2.14. The largest absolute Gasteiger partial charge is 0.324 e. The van der Waals surface area contributed by atoms with Crippen LogP contribution >= 0.6 is 23.4 Å². The van der Waals surface area contributed by atoms with Crippen LogP contribution in [0.3, 0.4) is 0 Å². The van der Waals surface area contributed by atoms with Crippen LogP contribution < -0.4 is 5.32 Å². The van der Waals surface area contributed by atoms with Gasteiger partial charge in [0.2, 0.25) is 5.91 Å². The Morgan fingerprint density at radius 2 is 2.00 bits per heavy atom. The number of halogens is 1. The third-order valence-corrected chi connectivity index (χ3v) is 4.01. The van der Waals surface area contributed by atoms with E-state index >= 15 is 0 Å². The Kier molecular flexibility index (Phi) is 5.26. The number of aryl methyl sites for hydroxylation is 1. The Balaban J connectivity index is 1.97. The van der Waals surface area contributed by atoms with Gasteiger partial charge in [-0.2, -0.15) is 5.26 Å². The molecule has 0 unspecified atom stereocenters. The number of thioether (sulfide) groups is 1. The number of nitrogens with zero attached hydrogens (tertiary/aromatic N) is 1. The predicted molar refractivity (Wildman–Crippen MR) is 86.7 cm³/mol. The summed E-state index contributed by atoms with van der Waals surface area (Å²) in [6.45, 7) is 2.02. The second kappa shape index (κ2) is 7.16. The summed E-state index contributed by atoms with van der Waals surface area (Å²) >= 11 is 7.33. The number of hydrogen-bond donors (Lipinski definition) is 1. The van der Waals surface area contributed by atoms with Gasteiger partial charge in [0, 0.05) is 9.92 Å². The first-order valence-corrected chi connectivity index (χ1v) is 7.64. The van der Waals surface area contributed by atoms with Crippen LogP contribution in [-0.4, -0.2) is 11.7 Å². The summed E-state index contributed by atoms with van der Waals surface area (Å²) in [6, 6.07) is 14.8. The average Bonchev–Trinajstić information content (AvgIpc) is 2.47. The highest BCUT2D eigenvalue weighted by molar-refractivity contribution is 8.00. The highest BCUT2D eigenvalue weighted by atomic mass is 35.5. The summed E-state index contributed by atoms with van der Waals surface area (Å²) < 4.78 is 0. The van der Waals surface area contributed by atoms with Crippen molar-refractivity contribution in [3.63, 3.8) is 0 Å². The van der Waals surface area contributed by atoms with Crippen LogP contribution in [0.25, 0.3) is 0 Å². The molecule has 0 aromatic heterocycles. The van der Waals surface area contributed by atoms with Gasteiger partial charge in [-0.05, 0) is 37.3 Å². The third kappa shape index (κ3) is 4.52. The number of nitrogens with one attached hydrogen (secondary N) is 1. The molecule has 5 heteroatoms. The smallest absolute Gasteiger partial charge is 0.234 e. The van der Waals surface area contributed by atoms with Crippen LogP contribution in [0.4, 0.5) is 5.69 Å². The van der Waals surface area contributed by atoms with Crippen molar-refractivity contribution in [2.75, 3.05) is 11.1 Å². The van der Waals surface area contributed by atoms with Gasteiger partial charge < -0.3 is 5.32 Å². The summed E-state index contributed by atoms with van der Waals surface area (Å²) in [4.78, 5) is 13.0. The summed E-state index contributed by atoms with van der Waals surface area (Å²) in [5, 5.41) is 12.2. The molecule has 2 aromatic carbocycles. The van der Waals surface area contributed by atoms with Gasteiger partial charge in [0.15, 0.2) is 0 Å². The fraction of sp³-hybridized carbons (Fsp3) is 0.125. The van der Waals surface area contributed by atoms with Crippen LogP contribution in [0.15, 0.2) is 47.4 Å². The number of carbonyl (C=O) groups is 1. The van der Waals surface area contributed by atoms with Crippen molar-refractivity contribution in [2.45, 2.75) is 11.8 Å². The summed E-state index contributed by atoms with van der Waals surface area (Å²) in [5.41, 5.74) is 2.02. The average molecular weight is 317 g/mol. The second-order valence-electron chi connectivity index (χ2n) is 4.45. The zero-order valence-corrected chi connectivity index (χ0v) is 13.0. The van der Waals surface area contributed by atoms with E-state index in [-0.39, 0.29) is 11.7 Å². The van der Waals surface area contributed by atoms with Crippen molar-refractivity contribution in [2.24, 2.45) is 0 Å². The molecule has 1 N–H and O–H groups in total. The van der Waals surface area contributed by atoms with Gasteiger partial charge in [-0.3, -0.25) is 4.79 Å². The zero-order chi connectivity index (χ0) is 15.2. The Morgan fingerprint density at radius 1 is 1.29 bits per heavy atom. The molecule has 106 valence electrons. The number of rotatable bonds is 4. The minimum atomic E-state index is -0.167. The maximum atomic E-state index is 11.9. The Bertz CT molecular complexity index is 692. The molecule has 2 rings (SSSR count). The predicted octanol–water partition coefficient (Wildman–Crippen LogP) is 4.25. The molecule has 1 amide bonds. The maximum absolute atomic E-state index is 11.9. The van der Waals surface area contributed by atoms with Crippen molar-refractivity contribution in [1.29, 1.82) is 5.26 Å². The van der Waals surface area contributed by atoms with Crippen molar-refractivity contribution >= 4 is 35.0 Å². The molecular formula is C16H13ClN2OS. The van der Waals surface area contributed by atoms with Gasteiger partial charge >= 0.3 is 0 Å². The lowest BCUT2D eigenvalue weighted by molar-refractivity contribution is -0.113. The summed E-state index contributed by atoms with van der Waals surface area (Å²) in [7, 11) is 0. The molecule has 0 radical (unpaired) electrons. The number of benzene rings is 2. The van der Waals surface area contributed by atoms with Gasteiger partial charge in [0.05, 0.1) is 17.0 Å². The highest BCUT2D eigenvalue weighted by Crippen LogP contribution is 2.22. The normalized spacial score (nSPS) is 9.95.